The molecular weight excluding hydrogens is 380 g/mol. The Kier molecular flexibility index (Phi) is 7.33. The molecule has 1 heterocycles. The van der Waals surface area contributed by atoms with Crippen LogP contribution in [0.1, 0.15) is 43.4 Å². The minimum absolute atomic E-state index is 0.00168. The summed E-state index contributed by atoms with van der Waals surface area (Å²) in [5, 5.41) is 3.01. The first-order valence-electron chi connectivity index (χ1n) is 10.4. The lowest BCUT2D eigenvalue weighted by Crippen LogP contribution is -2.36. The lowest BCUT2D eigenvalue weighted by atomic mass is 9.91. The van der Waals surface area contributed by atoms with Crippen LogP contribution in [-0.4, -0.2) is 37.5 Å². The zero-order valence-electron chi connectivity index (χ0n) is 17.9. The highest BCUT2D eigenvalue weighted by Crippen LogP contribution is 2.45. The van der Waals surface area contributed by atoms with Crippen LogP contribution in [0, 0.1) is 5.92 Å². The van der Waals surface area contributed by atoms with E-state index < -0.39 is 5.92 Å². The van der Waals surface area contributed by atoms with Crippen molar-refractivity contribution in [2.24, 2.45) is 5.92 Å². The Morgan fingerprint density at radius 2 is 1.87 bits per heavy atom. The summed E-state index contributed by atoms with van der Waals surface area (Å²) in [4.78, 5) is 27.9. The number of nitrogens with one attached hydrogen (secondary N) is 1. The molecule has 6 nitrogen and oxygen atoms in total. The summed E-state index contributed by atoms with van der Waals surface area (Å²) in [6.07, 6.45) is 2.04. The van der Waals surface area contributed by atoms with Crippen molar-refractivity contribution in [3.05, 3.63) is 59.7 Å². The predicted octanol–water partition coefficient (Wildman–Crippen LogP) is 3.71. The lowest BCUT2D eigenvalue weighted by molar-refractivity contribution is -0.129. The maximum atomic E-state index is 13.2. The summed E-state index contributed by atoms with van der Waals surface area (Å²) in [6.45, 7) is 3.13. The van der Waals surface area contributed by atoms with Crippen molar-refractivity contribution < 1.29 is 19.1 Å². The van der Waals surface area contributed by atoms with Crippen LogP contribution in [0.5, 0.6) is 11.5 Å². The lowest BCUT2D eigenvalue weighted by Gasteiger charge is -2.30. The Bertz CT molecular complexity index is 869. The first kappa shape index (κ1) is 21.7. The second-order valence-electron chi connectivity index (χ2n) is 7.48. The monoisotopic (exact) mass is 410 g/mol. The minimum Gasteiger partial charge on any atom is -0.493 e. The van der Waals surface area contributed by atoms with Gasteiger partial charge in [0.2, 0.25) is 11.8 Å². The van der Waals surface area contributed by atoms with Crippen molar-refractivity contribution in [1.82, 2.24) is 10.2 Å². The average Bonchev–Trinajstić information content (AvgIpc) is 3.11. The van der Waals surface area contributed by atoms with Crippen LogP contribution < -0.4 is 14.8 Å². The molecule has 0 saturated carbocycles. The van der Waals surface area contributed by atoms with E-state index in [2.05, 4.69) is 12.2 Å². The van der Waals surface area contributed by atoms with Gasteiger partial charge in [0, 0.05) is 25.1 Å². The number of para-hydroxylation sites is 1. The molecule has 1 fully saturated rings. The van der Waals surface area contributed by atoms with Crippen LogP contribution in [0.4, 0.5) is 0 Å². The van der Waals surface area contributed by atoms with Crippen molar-refractivity contribution in [1.29, 1.82) is 0 Å². The summed E-state index contributed by atoms with van der Waals surface area (Å²) in [5.74, 6) is 0.550. The summed E-state index contributed by atoms with van der Waals surface area (Å²) in [7, 11) is 3.17. The predicted molar refractivity (Wildman–Crippen MR) is 115 cm³/mol. The number of benzene rings is 2. The van der Waals surface area contributed by atoms with Gasteiger partial charge < -0.3 is 19.7 Å². The van der Waals surface area contributed by atoms with Crippen LogP contribution in [0.15, 0.2) is 48.5 Å². The van der Waals surface area contributed by atoms with Gasteiger partial charge in [-0.15, -0.1) is 0 Å². The SMILES string of the molecule is CCCCN1C(=O)C[C@H](C(=O)NCc2ccccc2)[C@H]1c1cccc(OC)c1OC. The Balaban J connectivity index is 1.91. The largest absolute Gasteiger partial charge is 0.493 e. The number of likely N-dealkylation sites (tertiary alicyclic amines) is 1. The van der Waals surface area contributed by atoms with Gasteiger partial charge in [-0.3, -0.25) is 9.59 Å². The van der Waals surface area contributed by atoms with Crippen LogP contribution in [0.25, 0.3) is 0 Å². The van der Waals surface area contributed by atoms with Gasteiger partial charge in [-0.2, -0.15) is 0 Å². The third-order valence-electron chi connectivity index (χ3n) is 5.58. The molecule has 0 bridgehead atoms. The molecule has 2 aromatic rings. The van der Waals surface area contributed by atoms with Crippen molar-refractivity contribution in [2.45, 2.75) is 38.8 Å². The third kappa shape index (κ3) is 4.58. The molecule has 0 unspecified atom stereocenters. The van der Waals surface area contributed by atoms with Gasteiger partial charge in [-0.05, 0) is 18.1 Å². The van der Waals surface area contributed by atoms with E-state index in [0.29, 0.717) is 24.6 Å². The van der Waals surface area contributed by atoms with Crippen molar-refractivity contribution in [2.75, 3.05) is 20.8 Å². The van der Waals surface area contributed by atoms with E-state index in [1.54, 1.807) is 14.2 Å². The van der Waals surface area contributed by atoms with E-state index in [1.807, 2.05) is 53.4 Å². The fourth-order valence-electron chi connectivity index (χ4n) is 4.06. The molecule has 6 heteroatoms. The Morgan fingerprint density at radius 3 is 2.53 bits per heavy atom. The van der Waals surface area contributed by atoms with Crippen molar-refractivity contribution in [3.8, 4) is 11.5 Å². The highest BCUT2D eigenvalue weighted by molar-refractivity contribution is 5.90. The molecule has 1 aliphatic rings. The molecule has 3 rings (SSSR count). The number of carbonyl (C=O) groups is 2. The van der Waals surface area contributed by atoms with Gasteiger partial charge in [-0.1, -0.05) is 55.8 Å². The second-order valence-corrected chi connectivity index (χ2v) is 7.48. The first-order valence-corrected chi connectivity index (χ1v) is 10.4. The second kappa shape index (κ2) is 10.1. The summed E-state index contributed by atoms with van der Waals surface area (Å²) in [5.41, 5.74) is 1.83. The number of carbonyl (C=O) groups excluding carboxylic acids is 2. The number of ether oxygens (including phenoxy) is 2. The fourth-order valence-corrected chi connectivity index (χ4v) is 4.06. The Hall–Kier alpha value is -3.02. The quantitative estimate of drug-likeness (QED) is 0.684. The number of hydrogen-bond acceptors (Lipinski definition) is 4. The molecule has 2 atom stereocenters. The summed E-state index contributed by atoms with van der Waals surface area (Å²) in [6, 6.07) is 15.0. The smallest absolute Gasteiger partial charge is 0.226 e. The molecule has 160 valence electrons. The number of methoxy groups -OCH3 is 2. The molecule has 1 N–H and O–H groups in total. The molecule has 30 heavy (non-hydrogen) atoms. The van der Waals surface area contributed by atoms with Gasteiger partial charge in [0.15, 0.2) is 11.5 Å². The van der Waals surface area contributed by atoms with Gasteiger partial charge in [0.05, 0.1) is 26.2 Å². The van der Waals surface area contributed by atoms with Gasteiger partial charge >= 0.3 is 0 Å². The van der Waals surface area contributed by atoms with Crippen LogP contribution in [-0.2, 0) is 16.1 Å². The standard InChI is InChI=1S/C24H30N2O4/c1-4-5-14-26-21(27)15-19(24(28)25-16-17-10-7-6-8-11-17)22(26)18-12-9-13-20(29-2)23(18)30-3/h6-13,19,22H,4-5,14-16H2,1-3H3,(H,25,28)/t19-,22+/m0/s1. The number of amides is 2. The number of unbranched alkanes of at least 4 members (excludes halogenated alkanes) is 1. The molecule has 0 aromatic heterocycles. The average molecular weight is 411 g/mol. The number of nitrogens with zero attached hydrogens (tertiary/aromatic N) is 1. The van der Waals surface area contributed by atoms with Crippen LogP contribution in [0.2, 0.25) is 0 Å². The fraction of sp³-hybridized carbons (Fsp3) is 0.417. The Labute approximate surface area is 178 Å². The highest BCUT2D eigenvalue weighted by Gasteiger charge is 2.45. The Morgan fingerprint density at radius 1 is 1.10 bits per heavy atom. The molecule has 0 spiro atoms. The van der Waals surface area contributed by atoms with Crippen molar-refractivity contribution in [3.63, 3.8) is 0 Å². The number of hydrogen-bond donors (Lipinski definition) is 1. The third-order valence-corrected chi connectivity index (χ3v) is 5.58. The molecule has 2 amide bonds. The topological polar surface area (TPSA) is 67.9 Å². The maximum absolute atomic E-state index is 13.2. The molecule has 2 aromatic carbocycles. The van der Waals surface area contributed by atoms with Crippen LogP contribution in [0.3, 0.4) is 0 Å². The van der Waals surface area contributed by atoms with E-state index in [1.165, 1.54) is 0 Å². The summed E-state index contributed by atoms with van der Waals surface area (Å²) < 4.78 is 11.1. The summed E-state index contributed by atoms with van der Waals surface area (Å²) >= 11 is 0. The van der Waals surface area contributed by atoms with E-state index in [0.717, 1.165) is 24.0 Å². The van der Waals surface area contributed by atoms with E-state index in [9.17, 15) is 9.59 Å². The maximum Gasteiger partial charge on any atom is 0.226 e. The molecule has 0 aliphatic carbocycles. The first-order chi connectivity index (χ1) is 14.6. The van der Waals surface area contributed by atoms with Gasteiger partial charge in [0.25, 0.3) is 0 Å². The molecule has 0 radical (unpaired) electrons. The van der Waals surface area contributed by atoms with Crippen molar-refractivity contribution >= 4 is 11.8 Å². The zero-order valence-corrected chi connectivity index (χ0v) is 17.9. The number of rotatable bonds is 9. The highest BCUT2D eigenvalue weighted by atomic mass is 16.5. The molecule has 1 aliphatic heterocycles. The van der Waals surface area contributed by atoms with E-state index in [-0.39, 0.29) is 24.3 Å². The van der Waals surface area contributed by atoms with E-state index >= 15 is 0 Å². The van der Waals surface area contributed by atoms with Gasteiger partial charge in [0.1, 0.15) is 0 Å². The zero-order chi connectivity index (χ0) is 21.5. The van der Waals surface area contributed by atoms with Gasteiger partial charge in [-0.25, -0.2) is 0 Å². The minimum atomic E-state index is -0.487. The molecular formula is C24H30N2O4. The van der Waals surface area contributed by atoms with Crippen LogP contribution >= 0.6 is 0 Å². The normalized spacial score (nSPS) is 18.4. The molecule has 1 saturated heterocycles. The van der Waals surface area contributed by atoms with E-state index in [4.69, 9.17) is 9.47 Å².